The number of nitrogens with zero attached hydrogens (tertiary/aromatic N) is 4. The zero-order valence-electron chi connectivity index (χ0n) is 21.8. The molecule has 8 nitrogen and oxygen atoms in total. The summed E-state index contributed by atoms with van der Waals surface area (Å²) >= 11 is 0. The highest BCUT2D eigenvalue weighted by molar-refractivity contribution is 5.76. The van der Waals surface area contributed by atoms with Gasteiger partial charge in [-0.3, -0.25) is 4.90 Å². The molecule has 1 saturated heterocycles. The Balaban J connectivity index is 1.75. The predicted octanol–water partition coefficient (Wildman–Crippen LogP) is 1.38. The highest BCUT2D eigenvalue weighted by atomic mass is 16.5. The summed E-state index contributed by atoms with van der Waals surface area (Å²) in [7, 11) is 1.51. The van der Waals surface area contributed by atoms with Crippen molar-refractivity contribution < 1.29 is 18.2 Å². The van der Waals surface area contributed by atoms with Crippen LogP contribution in [0.4, 0.5) is 11.5 Å². The number of ether oxygens (including phenoxy) is 1. The molecule has 4 N–H and O–H groups in total. The van der Waals surface area contributed by atoms with Gasteiger partial charge in [0.15, 0.2) is 7.23 Å². The average Bonchev–Trinajstić information content (AvgIpc) is 3.07. The lowest BCUT2D eigenvalue weighted by Gasteiger charge is -2.33. The standard InChI is InChI=1S/C19H24N6O2/c1-27-15-4-2-3-14(9-15)23-19-18-13(5-8-25(18)22-12-21-19)10-24-7-6-16(20)17(26)11-24/h2-5,8-9,12,16-17,26H,6-7,10-11,20H2,1H3,(H,21,22,23)/t16-,17-/m1/s1/i5D,8D,12D,26D/hD3. The highest BCUT2D eigenvalue weighted by Crippen LogP contribution is 2.26. The molecular weight excluding hydrogens is 344 g/mol. The molecule has 0 aliphatic carbocycles. The Morgan fingerprint density at radius 1 is 1.59 bits per heavy atom. The number of nitrogens with two attached hydrogens (primary N) is 1. The van der Waals surface area contributed by atoms with E-state index >= 15 is 0 Å². The first-order chi connectivity index (χ1) is 16.2. The van der Waals surface area contributed by atoms with E-state index in [4.69, 9.17) is 19.6 Å². The third-order valence-electron chi connectivity index (χ3n) is 4.60. The van der Waals surface area contributed by atoms with Crippen molar-refractivity contribution in [3.63, 3.8) is 0 Å². The number of fused-ring (bicyclic) bond motifs is 1. The molecule has 2 atom stereocenters. The summed E-state index contributed by atoms with van der Waals surface area (Å²) in [5.74, 6) is 0.577. The van der Waals surface area contributed by atoms with Crippen LogP contribution in [0, 0.1) is 0 Å². The zero-order valence-corrected chi connectivity index (χ0v) is 14.8. The minimum absolute atomic E-state index is 0.0434. The Morgan fingerprint density at radius 2 is 2.56 bits per heavy atom. The molecule has 3 aromatic rings. The average molecular weight is 375 g/mol. The largest absolute Gasteiger partial charge is 0.497 e. The van der Waals surface area contributed by atoms with Gasteiger partial charge in [-0.25, -0.2) is 9.50 Å². The molecule has 3 heterocycles. The lowest BCUT2D eigenvalue weighted by Crippen LogP contribution is -2.50. The molecule has 1 fully saturated rings. The summed E-state index contributed by atoms with van der Waals surface area (Å²) in [4.78, 5) is 6.05. The summed E-state index contributed by atoms with van der Waals surface area (Å²) in [6, 6.07) is 6.11. The van der Waals surface area contributed by atoms with E-state index in [2.05, 4.69) is 10.1 Å². The molecule has 1 aromatic carbocycles. The maximum Gasteiger partial charge on any atom is 0.211 e. The molecule has 0 amide bonds. The van der Waals surface area contributed by atoms with Crippen molar-refractivity contribution in [3.05, 3.63) is 48.3 Å². The minimum Gasteiger partial charge on any atom is -0.497 e. The van der Waals surface area contributed by atoms with Gasteiger partial charge in [-0.2, -0.15) is 5.10 Å². The Hall–Kier alpha value is -2.68. The van der Waals surface area contributed by atoms with Crippen LogP contribution < -0.4 is 15.8 Å². The second-order valence-electron chi connectivity index (χ2n) is 6.45. The van der Waals surface area contributed by atoms with Gasteiger partial charge in [0.25, 0.3) is 0 Å². The fourth-order valence-corrected chi connectivity index (χ4v) is 3.17. The molecular formula is C19H24N6O2. The number of hydrogen-bond donors (Lipinski definition) is 3. The van der Waals surface area contributed by atoms with Gasteiger partial charge in [-0.15, -0.1) is 0 Å². The fraction of sp³-hybridized carbons (Fsp3) is 0.368. The van der Waals surface area contributed by atoms with Crippen LogP contribution in [0.15, 0.2) is 42.8 Å². The van der Waals surface area contributed by atoms with Crippen LogP contribution in [0.1, 0.15) is 16.1 Å². The molecule has 2 aromatic heterocycles. The highest BCUT2D eigenvalue weighted by Gasteiger charge is 2.25. The van der Waals surface area contributed by atoms with Crippen LogP contribution in [0.5, 0.6) is 5.75 Å². The molecule has 1 aliphatic rings. The number of likely N-dealkylation sites (tertiary alicyclic amines) is 1. The van der Waals surface area contributed by atoms with Gasteiger partial charge in [-0.1, -0.05) is 6.07 Å². The van der Waals surface area contributed by atoms with Crippen LogP contribution in [-0.2, 0) is 6.54 Å². The number of nitrogens with one attached hydrogen (secondary N) is 1. The second kappa shape index (κ2) is 7.51. The van der Waals surface area contributed by atoms with E-state index in [1.165, 1.54) is 7.11 Å². The van der Waals surface area contributed by atoms with E-state index < -0.39 is 18.4 Å². The van der Waals surface area contributed by atoms with E-state index in [1.54, 1.807) is 24.3 Å². The van der Waals surface area contributed by atoms with E-state index in [0.29, 0.717) is 35.7 Å². The number of aromatic nitrogens is 3. The summed E-state index contributed by atoms with van der Waals surface area (Å²) < 4.78 is 62.4. The summed E-state index contributed by atoms with van der Waals surface area (Å²) in [6.07, 6.45) is -0.903. The van der Waals surface area contributed by atoms with Crippen molar-refractivity contribution in [2.75, 3.05) is 25.5 Å². The molecule has 4 rings (SSSR count). The first-order valence-electron chi connectivity index (χ1n) is 11.9. The molecule has 0 radical (unpaired) electrons. The third kappa shape index (κ3) is 3.73. The number of piperidine rings is 1. The fourth-order valence-electron chi connectivity index (χ4n) is 3.17. The SMILES string of the molecule is [2H]O[C@@H]1CN(Cc2c([2H])c([2H])n3nc([2H])nc(N([2H])c4cccc(OC)c4)c23)CC[C@H]1N([2H])[2H]. The van der Waals surface area contributed by atoms with Gasteiger partial charge >= 0.3 is 0 Å². The third-order valence-corrected chi connectivity index (χ3v) is 4.60. The molecule has 27 heavy (non-hydrogen) atoms. The topological polar surface area (TPSA) is 101 Å². The quantitative estimate of drug-likeness (QED) is 0.573. The molecule has 0 spiro atoms. The number of methoxy groups -OCH3 is 1. The van der Waals surface area contributed by atoms with E-state index in [-0.39, 0.29) is 36.6 Å². The van der Waals surface area contributed by atoms with Crippen LogP contribution in [0.25, 0.3) is 5.52 Å². The van der Waals surface area contributed by atoms with E-state index in [9.17, 15) is 0 Å². The maximum absolute atomic E-state index is 8.70. The summed E-state index contributed by atoms with van der Waals surface area (Å²) in [5.41, 5.74) is 1.63. The Labute approximate surface area is 167 Å². The number of aliphatic hydroxyl groups excluding tert-OH is 1. The number of rotatable bonds is 7. The first kappa shape index (κ1) is 11.2. The molecule has 142 valence electrons. The van der Waals surface area contributed by atoms with Crippen molar-refractivity contribution in [1.29, 1.82) is 1.43 Å². The van der Waals surface area contributed by atoms with Crippen LogP contribution in [0.2, 0.25) is 4.24 Å². The summed E-state index contributed by atoms with van der Waals surface area (Å²) in [6.45, 7) is 0.916. The van der Waals surface area contributed by atoms with Gasteiger partial charge in [0.2, 0.25) is 1.43 Å². The van der Waals surface area contributed by atoms with Crippen LogP contribution in [0.3, 0.4) is 0 Å². The van der Waals surface area contributed by atoms with Gasteiger partial charge in [0.05, 0.1) is 16.0 Å². The summed E-state index contributed by atoms with van der Waals surface area (Å²) in [5, 5.41) is 9.75. The first-order valence-corrected chi connectivity index (χ1v) is 8.64. The van der Waals surface area contributed by atoms with Crippen LogP contribution >= 0.6 is 0 Å². The maximum atomic E-state index is 8.70. The minimum atomic E-state index is -0.692. The van der Waals surface area contributed by atoms with Crippen molar-refractivity contribution in [2.45, 2.75) is 25.1 Å². The molecule has 0 saturated carbocycles. The van der Waals surface area contributed by atoms with Gasteiger partial charge in [-0.05, 0) is 30.2 Å². The Kier molecular flexibility index (Phi) is 3.13. The Morgan fingerprint density at radius 3 is 3.41 bits per heavy atom. The van der Waals surface area contributed by atoms with Gasteiger partial charge in [0, 0.05) is 43.6 Å². The molecule has 8 heteroatoms. The van der Waals surface area contributed by atoms with Gasteiger partial charge < -0.3 is 20.9 Å². The number of aliphatic hydroxyl groups is 1. The molecule has 0 bridgehead atoms. The molecule has 0 unspecified atom stereocenters. The number of anilines is 2. The number of β-amino-alcohol motifs (C(OH)–C–C–N with tert-alkyl or cyclic N) is 1. The van der Waals surface area contributed by atoms with Crippen molar-refractivity contribution in [3.8, 4) is 5.75 Å². The van der Waals surface area contributed by atoms with Crippen LogP contribution in [-0.4, -0.2) is 58.4 Å². The predicted molar refractivity (Wildman–Crippen MR) is 103 cm³/mol. The lowest BCUT2D eigenvalue weighted by atomic mass is 10.0. The Bertz CT molecular complexity index is 1180. The lowest BCUT2D eigenvalue weighted by molar-refractivity contribution is 0.0501. The smallest absolute Gasteiger partial charge is 0.211 e. The van der Waals surface area contributed by atoms with Crippen molar-refractivity contribution in [2.24, 2.45) is 5.72 Å². The van der Waals surface area contributed by atoms with Crippen molar-refractivity contribution >= 4 is 17.0 Å². The second-order valence-corrected chi connectivity index (χ2v) is 6.45. The number of benzene rings is 1. The van der Waals surface area contributed by atoms with E-state index in [1.807, 2.05) is 4.90 Å². The number of hydrogen-bond acceptors (Lipinski definition) is 7. The normalized spacial score (nSPS) is 24.4. The zero-order chi connectivity index (χ0) is 24.6. The van der Waals surface area contributed by atoms with Crippen molar-refractivity contribution in [1.82, 2.24) is 19.5 Å². The van der Waals surface area contributed by atoms with E-state index in [0.717, 1.165) is 9.83 Å². The van der Waals surface area contributed by atoms with Gasteiger partial charge in [0.1, 0.15) is 21.8 Å². The monoisotopic (exact) mass is 375 g/mol. The molecule has 1 aliphatic heterocycles.